The fourth-order valence-electron chi connectivity index (χ4n) is 1.97. The zero-order valence-electron chi connectivity index (χ0n) is 11.2. The number of anilines is 1. The third kappa shape index (κ3) is 3.34. The number of hydrazone groups is 1. The van der Waals surface area contributed by atoms with Gasteiger partial charge in [0.25, 0.3) is 0 Å². The maximum Gasteiger partial charge on any atom is 0.309 e. The van der Waals surface area contributed by atoms with Gasteiger partial charge >= 0.3 is 5.97 Å². The molecule has 1 aliphatic rings. The Hall–Kier alpha value is -2.37. The minimum absolute atomic E-state index is 0.150. The molecule has 1 aliphatic carbocycles. The normalized spacial score (nSPS) is 20.6. The van der Waals surface area contributed by atoms with Gasteiger partial charge in [0.1, 0.15) is 0 Å². The third-order valence-electron chi connectivity index (χ3n) is 3.12. The molecule has 0 aromatic heterocycles. The highest BCUT2D eigenvalue weighted by molar-refractivity contribution is 5.98. The van der Waals surface area contributed by atoms with Crippen LogP contribution in [-0.2, 0) is 14.3 Å². The molecule has 0 heterocycles. The van der Waals surface area contributed by atoms with Crippen LogP contribution in [0.1, 0.15) is 18.9 Å². The highest BCUT2D eigenvalue weighted by Gasteiger charge is 2.49. The summed E-state index contributed by atoms with van der Waals surface area (Å²) in [6, 6.07) is 7.11. The molecule has 1 saturated carbocycles. The van der Waals surface area contributed by atoms with Crippen LogP contribution in [0.2, 0.25) is 0 Å². The van der Waals surface area contributed by atoms with Crippen molar-refractivity contribution in [1.82, 2.24) is 0 Å². The Morgan fingerprint density at radius 2 is 2.10 bits per heavy atom. The summed E-state index contributed by atoms with van der Waals surface area (Å²) < 4.78 is 4.89. The quantitative estimate of drug-likeness (QED) is 0.364. The average Bonchev–Trinajstić information content (AvgIpc) is 3.22. The van der Waals surface area contributed by atoms with Crippen LogP contribution in [0.5, 0.6) is 0 Å². The summed E-state index contributed by atoms with van der Waals surface area (Å²) in [5.74, 6) is 4.04. The van der Waals surface area contributed by atoms with Gasteiger partial charge in [-0.2, -0.15) is 5.10 Å². The molecule has 2 atom stereocenters. The zero-order valence-corrected chi connectivity index (χ0v) is 11.2. The lowest BCUT2D eigenvalue weighted by atomic mass is 10.2. The average molecular weight is 275 g/mol. The second-order valence-corrected chi connectivity index (χ2v) is 4.59. The molecular weight excluding hydrogens is 258 g/mol. The number of nitrogens with two attached hydrogens (primary N) is 1. The molecule has 6 heteroatoms. The van der Waals surface area contributed by atoms with Gasteiger partial charge in [0.05, 0.1) is 24.7 Å². The summed E-state index contributed by atoms with van der Waals surface area (Å²) in [6.07, 6.45) is 2.08. The Balaban J connectivity index is 1.88. The number of amides is 1. The first-order valence-electron chi connectivity index (χ1n) is 6.46. The molecule has 0 bridgehead atoms. The summed E-state index contributed by atoms with van der Waals surface area (Å²) >= 11 is 0. The van der Waals surface area contributed by atoms with Crippen LogP contribution in [0.3, 0.4) is 0 Å². The predicted octanol–water partition coefficient (Wildman–Crippen LogP) is 1.12. The van der Waals surface area contributed by atoms with E-state index in [0.29, 0.717) is 18.7 Å². The minimum Gasteiger partial charge on any atom is -0.466 e. The molecule has 2 unspecified atom stereocenters. The number of hydrogen-bond acceptors (Lipinski definition) is 5. The van der Waals surface area contributed by atoms with E-state index >= 15 is 0 Å². The summed E-state index contributed by atoms with van der Waals surface area (Å²) in [5, 5.41) is 6.20. The smallest absolute Gasteiger partial charge is 0.309 e. The SMILES string of the molecule is CCOC(=O)C1CC1C(=O)Nc1ccc(C=NN)cc1. The van der Waals surface area contributed by atoms with E-state index < -0.39 is 0 Å². The molecule has 2 rings (SSSR count). The molecule has 0 saturated heterocycles. The van der Waals surface area contributed by atoms with E-state index in [1.807, 2.05) is 0 Å². The number of carbonyl (C=O) groups is 2. The van der Waals surface area contributed by atoms with Crippen molar-refractivity contribution in [2.45, 2.75) is 13.3 Å². The van der Waals surface area contributed by atoms with Crippen LogP contribution >= 0.6 is 0 Å². The lowest BCUT2D eigenvalue weighted by Gasteiger charge is -2.05. The van der Waals surface area contributed by atoms with Gasteiger partial charge in [-0.25, -0.2) is 0 Å². The van der Waals surface area contributed by atoms with Gasteiger partial charge in [-0.05, 0) is 31.0 Å². The van der Waals surface area contributed by atoms with Crippen molar-refractivity contribution in [3.8, 4) is 0 Å². The maximum atomic E-state index is 11.9. The first-order chi connectivity index (χ1) is 9.65. The number of rotatable bonds is 5. The monoisotopic (exact) mass is 275 g/mol. The predicted molar refractivity (Wildman–Crippen MR) is 75.1 cm³/mol. The largest absolute Gasteiger partial charge is 0.466 e. The van der Waals surface area contributed by atoms with Gasteiger partial charge in [0.2, 0.25) is 5.91 Å². The minimum atomic E-state index is -0.293. The second kappa shape index (κ2) is 6.18. The Labute approximate surface area is 117 Å². The van der Waals surface area contributed by atoms with E-state index in [0.717, 1.165) is 5.56 Å². The molecule has 0 spiro atoms. The van der Waals surface area contributed by atoms with Crippen molar-refractivity contribution < 1.29 is 14.3 Å². The van der Waals surface area contributed by atoms with Gasteiger partial charge in [-0.3, -0.25) is 9.59 Å². The lowest BCUT2D eigenvalue weighted by Crippen LogP contribution is -2.18. The van der Waals surface area contributed by atoms with E-state index in [9.17, 15) is 9.59 Å². The number of hydrogen-bond donors (Lipinski definition) is 2. The van der Waals surface area contributed by atoms with Crippen molar-refractivity contribution in [3.05, 3.63) is 29.8 Å². The van der Waals surface area contributed by atoms with E-state index in [4.69, 9.17) is 10.6 Å². The number of esters is 1. The Kier molecular flexibility index (Phi) is 4.34. The van der Waals surface area contributed by atoms with Gasteiger partial charge in [0, 0.05) is 5.69 Å². The third-order valence-corrected chi connectivity index (χ3v) is 3.12. The van der Waals surface area contributed by atoms with Crippen molar-refractivity contribution in [3.63, 3.8) is 0 Å². The molecule has 1 aromatic rings. The summed E-state index contributed by atoms with van der Waals surface area (Å²) in [4.78, 5) is 23.4. The molecule has 20 heavy (non-hydrogen) atoms. The molecule has 6 nitrogen and oxygen atoms in total. The van der Waals surface area contributed by atoms with E-state index in [1.54, 1.807) is 31.2 Å². The zero-order chi connectivity index (χ0) is 14.5. The molecule has 0 radical (unpaired) electrons. The fourth-order valence-corrected chi connectivity index (χ4v) is 1.97. The van der Waals surface area contributed by atoms with Gasteiger partial charge < -0.3 is 15.9 Å². The van der Waals surface area contributed by atoms with Crippen LogP contribution in [0.25, 0.3) is 0 Å². The van der Waals surface area contributed by atoms with Crippen LogP contribution < -0.4 is 11.2 Å². The van der Waals surface area contributed by atoms with Gasteiger partial charge in [0.15, 0.2) is 0 Å². The van der Waals surface area contributed by atoms with Gasteiger partial charge in [-0.15, -0.1) is 0 Å². The number of ether oxygens (including phenoxy) is 1. The highest BCUT2D eigenvalue weighted by atomic mass is 16.5. The van der Waals surface area contributed by atoms with Crippen LogP contribution in [0, 0.1) is 11.8 Å². The van der Waals surface area contributed by atoms with Crippen molar-refractivity contribution in [2.75, 3.05) is 11.9 Å². The summed E-state index contributed by atoms with van der Waals surface area (Å²) in [5.41, 5.74) is 1.53. The second-order valence-electron chi connectivity index (χ2n) is 4.59. The molecule has 0 aliphatic heterocycles. The Morgan fingerprint density at radius 1 is 1.40 bits per heavy atom. The van der Waals surface area contributed by atoms with Crippen molar-refractivity contribution in [2.24, 2.45) is 22.8 Å². The fraction of sp³-hybridized carbons (Fsp3) is 0.357. The number of nitrogens with one attached hydrogen (secondary N) is 1. The summed E-state index contributed by atoms with van der Waals surface area (Å²) in [6.45, 7) is 2.09. The van der Waals surface area contributed by atoms with Gasteiger partial charge in [-0.1, -0.05) is 12.1 Å². The molecule has 1 aromatic carbocycles. The standard InChI is InChI=1S/C14H17N3O3/c1-2-20-14(19)12-7-11(12)13(18)17-10-5-3-9(4-6-10)8-16-15/h3-6,8,11-12H,2,7,15H2,1H3,(H,17,18). The lowest BCUT2D eigenvalue weighted by molar-refractivity contribution is -0.145. The molecule has 106 valence electrons. The van der Waals surface area contributed by atoms with Crippen molar-refractivity contribution >= 4 is 23.8 Å². The number of nitrogens with zero attached hydrogens (tertiary/aromatic N) is 1. The number of carbonyl (C=O) groups excluding carboxylic acids is 2. The number of benzene rings is 1. The first-order valence-corrected chi connectivity index (χ1v) is 6.46. The topological polar surface area (TPSA) is 93.8 Å². The molecule has 3 N–H and O–H groups in total. The Bertz CT molecular complexity index is 525. The van der Waals surface area contributed by atoms with Crippen LogP contribution in [-0.4, -0.2) is 24.7 Å². The van der Waals surface area contributed by atoms with Crippen LogP contribution in [0.4, 0.5) is 5.69 Å². The highest BCUT2D eigenvalue weighted by Crippen LogP contribution is 2.40. The maximum absolute atomic E-state index is 11.9. The van der Waals surface area contributed by atoms with E-state index in [2.05, 4.69) is 10.4 Å². The molecule has 1 fully saturated rings. The van der Waals surface area contributed by atoms with E-state index in [-0.39, 0.29) is 23.7 Å². The Morgan fingerprint density at radius 3 is 2.70 bits per heavy atom. The van der Waals surface area contributed by atoms with Crippen molar-refractivity contribution in [1.29, 1.82) is 0 Å². The van der Waals surface area contributed by atoms with E-state index in [1.165, 1.54) is 6.21 Å². The molecule has 1 amide bonds. The first kappa shape index (κ1) is 14.0. The molecular formula is C14H17N3O3. The summed E-state index contributed by atoms with van der Waals surface area (Å²) in [7, 11) is 0. The van der Waals surface area contributed by atoms with Crippen LogP contribution in [0.15, 0.2) is 29.4 Å².